The number of hydrogen-bond donors (Lipinski definition) is 1. The predicted molar refractivity (Wildman–Crippen MR) is 98.3 cm³/mol. The molecule has 0 bridgehead atoms. The topological polar surface area (TPSA) is 94.6 Å². The van der Waals surface area contributed by atoms with E-state index in [2.05, 4.69) is 10.5 Å². The lowest BCUT2D eigenvalue weighted by Gasteiger charge is -2.05. The van der Waals surface area contributed by atoms with Gasteiger partial charge in [0.25, 0.3) is 5.91 Å². The average molecular weight is 364 g/mol. The van der Waals surface area contributed by atoms with Crippen LogP contribution in [0.2, 0.25) is 0 Å². The van der Waals surface area contributed by atoms with E-state index in [4.69, 9.17) is 13.7 Å². The number of ether oxygens (including phenoxy) is 1. The van der Waals surface area contributed by atoms with Crippen LogP contribution in [0, 0.1) is 6.92 Å². The molecule has 0 aliphatic rings. The van der Waals surface area contributed by atoms with Gasteiger partial charge in [0.1, 0.15) is 11.3 Å². The van der Waals surface area contributed by atoms with Gasteiger partial charge in [-0.3, -0.25) is 9.59 Å². The van der Waals surface area contributed by atoms with Crippen LogP contribution in [0.5, 0.6) is 0 Å². The summed E-state index contributed by atoms with van der Waals surface area (Å²) < 4.78 is 15.5. The number of aryl methyl sites for hydroxylation is 1. The average Bonchev–Trinajstić information content (AvgIpc) is 3.26. The normalized spacial score (nSPS) is 11.0. The van der Waals surface area contributed by atoms with Gasteiger partial charge in [-0.15, -0.1) is 0 Å². The minimum Gasteiger partial charge on any atom is -0.464 e. The van der Waals surface area contributed by atoms with Crippen LogP contribution in [0.15, 0.2) is 57.7 Å². The summed E-state index contributed by atoms with van der Waals surface area (Å²) >= 11 is 0. The number of furan rings is 1. The molecule has 0 spiro atoms. The molecule has 2 aromatic carbocycles. The molecule has 1 amide bonds. The minimum atomic E-state index is -0.517. The molecular formula is C20H16N2O5. The molecule has 2 aromatic heterocycles. The van der Waals surface area contributed by atoms with Crippen LogP contribution in [-0.4, -0.2) is 23.6 Å². The van der Waals surface area contributed by atoms with Gasteiger partial charge in [0.2, 0.25) is 0 Å². The predicted octanol–water partition coefficient (Wildman–Crippen LogP) is 3.61. The molecule has 0 radical (unpaired) electrons. The third-order valence-electron chi connectivity index (χ3n) is 4.13. The number of carbonyl (C=O) groups excluding carboxylic acids is 2. The first-order chi connectivity index (χ1) is 13.1. The second-order valence-corrected chi connectivity index (χ2v) is 6.13. The minimum absolute atomic E-state index is 0.0113. The van der Waals surface area contributed by atoms with Crippen LogP contribution in [0.4, 0.5) is 5.82 Å². The summed E-state index contributed by atoms with van der Waals surface area (Å²) in [5, 5.41) is 9.08. The molecule has 0 aliphatic heterocycles. The Hall–Kier alpha value is -3.61. The highest BCUT2D eigenvalue weighted by molar-refractivity contribution is 6.08. The maximum absolute atomic E-state index is 12.2. The van der Waals surface area contributed by atoms with E-state index in [1.807, 2.05) is 36.4 Å². The van der Waals surface area contributed by atoms with Crippen molar-refractivity contribution in [3.8, 4) is 0 Å². The summed E-state index contributed by atoms with van der Waals surface area (Å²) in [6, 6.07) is 13.3. The summed E-state index contributed by atoms with van der Waals surface area (Å²) in [5.41, 5.74) is 1.43. The lowest BCUT2D eigenvalue weighted by molar-refractivity contribution is -0.146. The van der Waals surface area contributed by atoms with E-state index < -0.39 is 18.5 Å². The highest BCUT2D eigenvalue weighted by Gasteiger charge is 2.15. The van der Waals surface area contributed by atoms with Gasteiger partial charge in [0.15, 0.2) is 12.4 Å². The van der Waals surface area contributed by atoms with E-state index in [0.717, 1.165) is 21.7 Å². The van der Waals surface area contributed by atoms with Gasteiger partial charge in [-0.25, -0.2) is 0 Å². The van der Waals surface area contributed by atoms with Gasteiger partial charge in [0.05, 0.1) is 12.7 Å². The molecule has 7 nitrogen and oxygen atoms in total. The fourth-order valence-corrected chi connectivity index (χ4v) is 2.96. The maximum atomic E-state index is 12.2. The standard InChI is InChI=1S/C20H16N2O5/c1-12-8-17(22-27-12)21-18(23)11-26-19(24)9-14-10-25-16-7-6-13-4-2-3-5-15(13)20(14)16/h2-8,10H,9,11H2,1H3,(H,21,22,23). The van der Waals surface area contributed by atoms with E-state index in [1.165, 1.54) is 0 Å². The second-order valence-electron chi connectivity index (χ2n) is 6.13. The van der Waals surface area contributed by atoms with E-state index in [-0.39, 0.29) is 12.2 Å². The highest BCUT2D eigenvalue weighted by atomic mass is 16.5. The van der Waals surface area contributed by atoms with Gasteiger partial charge in [-0.2, -0.15) is 0 Å². The smallest absolute Gasteiger partial charge is 0.310 e. The zero-order valence-corrected chi connectivity index (χ0v) is 14.5. The number of aromatic nitrogens is 1. The largest absolute Gasteiger partial charge is 0.464 e. The Kier molecular flexibility index (Phi) is 4.33. The first kappa shape index (κ1) is 16.8. The number of amides is 1. The fraction of sp³-hybridized carbons (Fsp3) is 0.150. The third kappa shape index (κ3) is 3.52. The van der Waals surface area contributed by atoms with Gasteiger partial charge < -0.3 is 19.0 Å². The third-order valence-corrected chi connectivity index (χ3v) is 4.13. The van der Waals surface area contributed by atoms with Gasteiger partial charge in [-0.1, -0.05) is 35.5 Å². The molecule has 4 rings (SSSR count). The van der Waals surface area contributed by atoms with Crippen LogP contribution in [0.1, 0.15) is 11.3 Å². The molecule has 0 aliphatic carbocycles. The Bertz CT molecular complexity index is 1140. The van der Waals surface area contributed by atoms with Crippen molar-refractivity contribution in [2.24, 2.45) is 0 Å². The summed E-state index contributed by atoms with van der Waals surface area (Å²) in [5.74, 6) is -0.154. The van der Waals surface area contributed by atoms with Gasteiger partial charge in [-0.05, 0) is 23.8 Å². The van der Waals surface area contributed by atoms with Gasteiger partial charge >= 0.3 is 5.97 Å². The Morgan fingerprint density at radius 2 is 2.04 bits per heavy atom. The number of esters is 1. The van der Waals surface area contributed by atoms with E-state index >= 15 is 0 Å². The maximum Gasteiger partial charge on any atom is 0.310 e. The zero-order chi connectivity index (χ0) is 18.8. The summed E-state index contributed by atoms with van der Waals surface area (Å²) in [6.07, 6.45) is 1.56. The zero-order valence-electron chi connectivity index (χ0n) is 14.5. The number of carbonyl (C=O) groups is 2. The van der Waals surface area contributed by atoms with E-state index in [0.29, 0.717) is 11.3 Å². The Balaban J connectivity index is 1.44. The van der Waals surface area contributed by atoms with Crippen molar-refractivity contribution in [3.05, 3.63) is 60.1 Å². The number of nitrogens with zero attached hydrogens (tertiary/aromatic N) is 1. The molecule has 0 atom stereocenters. The number of hydrogen-bond acceptors (Lipinski definition) is 6. The summed E-state index contributed by atoms with van der Waals surface area (Å²) in [6.45, 7) is 1.31. The van der Waals surface area contributed by atoms with Crippen molar-refractivity contribution in [1.29, 1.82) is 0 Å². The van der Waals surface area contributed by atoms with Crippen LogP contribution in [0.25, 0.3) is 21.7 Å². The lowest BCUT2D eigenvalue weighted by atomic mass is 10.0. The SMILES string of the molecule is Cc1cc(NC(=O)COC(=O)Cc2coc3ccc4ccccc4c23)no1. The van der Waals surface area contributed by atoms with Crippen molar-refractivity contribution in [2.75, 3.05) is 11.9 Å². The molecule has 0 unspecified atom stereocenters. The Morgan fingerprint density at radius 1 is 1.19 bits per heavy atom. The molecule has 27 heavy (non-hydrogen) atoms. The molecule has 136 valence electrons. The second kappa shape index (κ2) is 6.95. The lowest BCUT2D eigenvalue weighted by Crippen LogP contribution is -2.21. The van der Waals surface area contributed by atoms with Crippen LogP contribution < -0.4 is 5.32 Å². The van der Waals surface area contributed by atoms with Crippen LogP contribution in [0.3, 0.4) is 0 Å². The fourth-order valence-electron chi connectivity index (χ4n) is 2.96. The molecule has 2 heterocycles. The molecule has 0 saturated heterocycles. The first-order valence-electron chi connectivity index (χ1n) is 8.37. The Morgan fingerprint density at radius 3 is 2.85 bits per heavy atom. The van der Waals surface area contributed by atoms with Crippen molar-refractivity contribution in [2.45, 2.75) is 13.3 Å². The van der Waals surface area contributed by atoms with Crippen molar-refractivity contribution in [1.82, 2.24) is 5.16 Å². The van der Waals surface area contributed by atoms with Crippen molar-refractivity contribution >= 4 is 39.4 Å². The molecular weight excluding hydrogens is 348 g/mol. The molecule has 7 heteroatoms. The van der Waals surface area contributed by atoms with E-state index in [1.54, 1.807) is 19.3 Å². The molecule has 1 N–H and O–H groups in total. The van der Waals surface area contributed by atoms with Crippen molar-refractivity contribution < 1.29 is 23.3 Å². The monoisotopic (exact) mass is 364 g/mol. The molecule has 4 aromatic rings. The summed E-state index contributed by atoms with van der Waals surface area (Å²) in [7, 11) is 0. The molecule has 0 fully saturated rings. The van der Waals surface area contributed by atoms with Crippen molar-refractivity contribution in [3.63, 3.8) is 0 Å². The number of benzene rings is 2. The quantitative estimate of drug-likeness (QED) is 0.544. The Labute approximate surface area is 153 Å². The number of rotatable bonds is 5. The van der Waals surface area contributed by atoms with Gasteiger partial charge in [0, 0.05) is 17.0 Å². The van der Waals surface area contributed by atoms with E-state index in [9.17, 15) is 9.59 Å². The molecule has 0 saturated carbocycles. The number of anilines is 1. The first-order valence-corrected chi connectivity index (χ1v) is 8.37. The van der Waals surface area contributed by atoms with Crippen LogP contribution in [-0.2, 0) is 20.7 Å². The summed E-state index contributed by atoms with van der Waals surface area (Å²) in [4.78, 5) is 24.0. The van der Waals surface area contributed by atoms with Crippen LogP contribution >= 0.6 is 0 Å². The highest BCUT2D eigenvalue weighted by Crippen LogP contribution is 2.30. The number of fused-ring (bicyclic) bond motifs is 3. The number of nitrogens with one attached hydrogen (secondary N) is 1.